The number of carbonyl (C=O) groups is 1. The predicted octanol–water partition coefficient (Wildman–Crippen LogP) is 2.61. The molecule has 1 amide bonds. The fraction of sp³-hybridized carbons (Fsp3) is 0.556. The van der Waals surface area contributed by atoms with Gasteiger partial charge in [0, 0.05) is 33.1 Å². The molecule has 1 aromatic rings. The maximum atomic E-state index is 12.2. The highest BCUT2D eigenvalue weighted by atomic mass is 127. The molecular weight excluding hydrogens is 469 g/mol. The van der Waals surface area contributed by atoms with Gasteiger partial charge in [0.25, 0.3) is 6.43 Å². The average Bonchev–Trinajstić information content (AvgIpc) is 2.61. The smallest absolute Gasteiger partial charge is 0.272 e. The molecule has 1 aromatic carbocycles. The molecule has 152 valence electrons. The van der Waals surface area contributed by atoms with Crippen LogP contribution in [0.4, 0.5) is 8.78 Å². The largest absolute Gasteiger partial charge is 0.488 e. The minimum Gasteiger partial charge on any atom is -0.488 e. The Balaban J connectivity index is 0.00000364. The Bertz CT molecular complexity index is 631. The summed E-state index contributed by atoms with van der Waals surface area (Å²) in [5.41, 5.74) is 6.21. The van der Waals surface area contributed by atoms with Crippen LogP contribution < -0.4 is 15.8 Å². The summed E-state index contributed by atoms with van der Waals surface area (Å²) in [6.45, 7) is 1.48. The first kappa shape index (κ1) is 23.4. The van der Waals surface area contributed by atoms with E-state index < -0.39 is 13.0 Å². The summed E-state index contributed by atoms with van der Waals surface area (Å²) in [7, 11) is 1.71. The van der Waals surface area contributed by atoms with Crippen molar-refractivity contribution in [1.82, 2.24) is 10.2 Å². The number of ether oxygens (including phenoxy) is 1. The minimum absolute atomic E-state index is 0. The van der Waals surface area contributed by atoms with Crippen LogP contribution in [0.5, 0.6) is 5.75 Å². The first-order valence-corrected chi connectivity index (χ1v) is 8.71. The number of nitrogens with zero attached hydrogens (tertiary/aromatic N) is 2. The SMILES string of the molecule is CN=C(NCc1cccc(OCC(F)F)c1)N1CCCC(CC(N)=O)C1.I. The van der Waals surface area contributed by atoms with Crippen molar-refractivity contribution in [1.29, 1.82) is 0 Å². The van der Waals surface area contributed by atoms with Crippen LogP contribution in [-0.4, -0.2) is 49.9 Å². The van der Waals surface area contributed by atoms with Crippen LogP contribution in [0.25, 0.3) is 0 Å². The van der Waals surface area contributed by atoms with Crippen molar-refractivity contribution in [2.45, 2.75) is 32.2 Å². The number of carbonyl (C=O) groups excluding carboxylic acids is 1. The molecule has 1 unspecified atom stereocenters. The van der Waals surface area contributed by atoms with Crippen molar-refractivity contribution in [2.75, 3.05) is 26.7 Å². The number of hydrogen-bond donors (Lipinski definition) is 2. The number of benzene rings is 1. The Morgan fingerprint density at radius 1 is 1.48 bits per heavy atom. The predicted molar refractivity (Wildman–Crippen MR) is 112 cm³/mol. The first-order chi connectivity index (χ1) is 12.5. The van der Waals surface area contributed by atoms with Crippen molar-refractivity contribution < 1.29 is 18.3 Å². The fourth-order valence-corrected chi connectivity index (χ4v) is 3.13. The summed E-state index contributed by atoms with van der Waals surface area (Å²) in [4.78, 5) is 17.6. The van der Waals surface area contributed by atoms with Crippen molar-refractivity contribution >= 4 is 35.8 Å². The van der Waals surface area contributed by atoms with Gasteiger partial charge >= 0.3 is 0 Å². The van der Waals surface area contributed by atoms with Gasteiger partial charge in [-0.1, -0.05) is 12.1 Å². The van der Waals surface area contributed by atoms with Gasteiger partial charge in [-0.25, -0.2) is 8.78 Å². The third kappa shape index (κ3) is 8.27. The highest BCUT2D eigenvalue weighted by Crippen LogP contribution is 2.20. The van der Waals surface area contributed by atoms with Gasteiger partial charge in [-0.2, -0.15) is 0 Å². The number of aliphatic imine (C=N–C) groups is 1. The van der Waals surface area contributed by atoms with Gasteiger partial charge in [-0.3, -0.25) is 9.79 Å². The molecule has 0 aromatic heterocycles. The van der Waals surface area contributed by atoms with Gasteiger partial charge < -0.3 is 20.7 Å². The lowest BCUT2D eigenvalue weighted by Gasteiger charge is -2.34. The monoisotopic (exact) mass is 496 g/mol. The summed E-state index contributed by atoms with van der Waals surface area (Å²) < 4.78 is 29.5. The number of amides is 1. The maximum Gasteiger partial charge on any atom is 0.272 e. The van der Waals surface area contributed by atoms with Gasteiger partial charge in [0.2, 0.25) is 5.91 Å². The van der Waals surface area contributed by atoms with E-state index >= 15 is 0 Å². The number of nitrogens with two attached hydrogens (primary N) is 1. The first-order valence-electron chi connectivity index (χ1n) is 8.71. The molecule has 9 heteroatoms. The van der Waals surface area contributed by atoms with Gasteiger partial charge in [0.05, 0.1) is 0 Å². The molecule has 0 saturated carbocycles. The highest BCUT2D eigenvalue weighted by Gasteiger charge is 2.23. The van der Waals surface area contributed by atoms with Crippen LogP contribution >= 0.6 is 24.0 Å². The summed E-state index contributed by atoms with van der Waals surface area (Å²) in [6, 6.07) is 7.04. The second-order valence-electron chi connectivity index (χ2n) is 6.37. The summed E-state index contributed by atoms with van der Waals surface area (Å²) in [5, 5.41) is 3.28. The number of rotatable bonds is 7. The van der Waals surface area contributed by atoms with E-state index in [-0.39, 0.29) is 35.8 Å². The number of alkyl halides is 2. The van der Waals surface area contributed by atoms with Crippen molar-refractivity contribution in [3.05, 3.63) is 29.8 Å². The van der Waals surface area contributed by atoms with Crippen molar-refractivity contribution in [3.8, 4) is 5.75 Å². The molecule has 1 aliphatic heterocycles. The topological polar surface area (TPSA) is 80.0 Å². The second kappa shape index (κ2) is 11.9. The Morgan fingerprint density at radius 2 is 2.26 bits per heavy atom. The molecule has 0 radical (unpaired) electrons. The fourth-order valence-electron chi connectivity index (χ4n) is 3.13. The summed E-state index contributed by atoms with van der Waals surface area (Å²) in [6.07, 6.45) is -0.143. The number of primary amides is 1. The van der Waals surface area contributed by atoms with E-state index in [4.69, 9.17) is 10.5 Å². The van der Waals surface area contributed by atoms with E-state index in [0.29, 0.717) is 18.7 Å². The van der Waals surface area contributed by atoms with Crippen LogP contribution in [0.2, 0.25) is 0 Å². The van der Waals surface area contributed by atoms with Crippen LogP contribution in [0.15, 0.2) is 29.3 Å². The van der Waals surface area contributed by atoms with E-state index in [9.17, 15) is 13.6 Å². The third-order valence-electron chi connectivity index (χ3n) is 4.25. The Kier molecular flexibility index (Phi) is 10.3. The molecule has 27 heavy (non-hydrogen) atoms. The van der Waals surface area contributed by atoms with E-state index in [1.165, 1.54) is 0 Å². The Labute approximate surface area is 175 Å². The third-order valence-corrected chi connectivity index (χ3v) is 4.25. The molecule has 2 rings (SSSR count). The highest BCUT2D eigenvalue weighted by molar-refractivity contribution is 14.0. The number of likely N-dealkylation sites (tertiary alicyclic amines) is 1. The molecular formula is C18H27F2IN4O2. The number of guanidine groups is 1. The number of nitrogens with one attached hydrogen (secondary N) is 1. The van der Waals surface area contributed by atoms with Crippen molar-refractivity contribution in [2.24, 2.45) is 16.6 Å². The molecule has 3 N–H and O–H groups in total. The van der Waals surface area contributed by atoms with Crippen LogP contribution in [0, 0.1) is 5.92 Å². The lowest BCUT2D eigenvalue weighted by Crippen LogP contribution is -2.46. The molecule has 0 spiro atoms. The standard InChI is InChI=1S/C18H26F2N4O2.HI/c1-22-18(24-7-3-5-14(11-24)9-17(21)25)23-10-13-4-2-6-15(8-13)26-12-16(19)20;/h2,4,6,8,14,16H,3,5,7,9-12H2,1H3,(H2,21,25)(H,22,23);1H. The van der Waals surface area contributed by atoms with Crippen LogP contribution in [0.1, 0.15) is 24.8 Å². The average molecular weight is 496 g/mol. The summed E-state index contributed by atoms with van der Waals surface area (Å²) in [5.74, 6) is 1.13. The second-order valence-corrected chi connectivity index (χ2v) is 6.37. The summed E-state index contributed by atoms with van der Waals surface area (Å²) >= 11 is 0. The van der Waals surface area contributed by atoms with Crippen LogP contribution in [-0.2, 0) is 11.3 Å². The Hall–Kier alpha value is -1.65. The number of halogens is 3. The minimum atomic E-state index is -2.50. The Morgan fingerprint density at radius 3 is 2.93 bits per heavy atom. The lowest BCUT2D eigenvalue weighted by atomic mass is 9.95. The normalized spacial score (nSPS) is 17.4. The molecule has 1 atom stereocenters. The lowest BCUT2D eigenvalue weighted by molar-refractivity contribution is -0.119. The molecule has 0 bridgehead atoms. The maximum absolute atomic E-state index is 12.2. The number of hydrogen-bond acceptors (Lipinski definition) is 3. The molecule has 1 aliphatic rings. The quantitative estimate of drug-likeness (QED) is 0.346. The molecule has 6 nitrogen and oxygen atoms in total. The van der Waals surface area contributed by atoms with E-state index in [2.05, 4.69) is 15.2 Å². The van der Waals surface area contributed by atoms with Gasteiger partial charge in [0.1, 0.15) is 12.4 Å². The van der Waals surface area contributed by atoms with Gasteiger partial charge in [-0.15, -0.1) is 24.0 Å². The van der Waals surface area contributed by atoms with Crippen molar-refractivity contribution in [3.63, 3.8) is 0 Å². The molecule has 1 fully saturated rings. The van der Waals surface area contributed by atoms with Crippen LogP contribution in [0.3, 0.4) is 0 Å². The zero-order valence-electron chi connectivity index (χ0n) is 15.4. The van der Waals surface area contributed by atoms with E-state index in [0.717, 1.165) is 37.5 Å². The zero-order valence-corrected chi connectivity index (χ0v) is 17.7. The van der Waals surface area contributed by atoms with Gasteiger partial charge in [-0.05, 0) is 36.5 Å². The zero-order chi connectivity index (χ0) is 18.9. The van der Waals surface area contributed by atoms with E-state index in [1.807, 2.05) is 6.07 Å². The molecule has 1 saturated heterocycles. The molecule has 1 heterocycles. The number of piperidine rings is 1. The van der Waals surface area contributed by atoms with E-state index in [1.54, 1.807) is 25.2 Å². The molecule has 0 aliphatic carbocycles. The van der Waals surface area contributed by atoms with Gasteiger partial charge in [0.15, 0.2) is 5.96 Å².